The van der Waals surface area contributed by atoms with Crippen molar-refractivity contribution in [2.24, 2.45) is 5.92 Å². The van der Waals surface area contributed by atoms with Gasteiger partial charge < -0.3 is 29.4 Å². The van der Waals surface area contributed by atoms with E-state index in [1.54, 1.807) is 23.1 Å². The Morgan fingerprint density at radius 1 is 1.16 bits per heavy atom. The molecule has 2 fully saturated rings. The Hall–Kier alpha value is -4.01. The molecule has 1 amide bonds. The molecule has 2 aliphatic carbocycles. The number of esters is 1. The summed E-state index contributed by atoms with van der Waals surface area (Å²) in [5.41, 5.74) is 2.57. The Balaban J connectivity index is 1.38. The van der Waals surface area contributed by atoms with Crippen molar-refractivity contribution in [2.75, 3.05) is 20.8 Å². The number of hydrogen-bond acceptors (Lipinski definition) is 6. The normalized spacial score (nSPS) is 22.8. The van der Waals surface area contributed by atoms with Gasteiger partial charge >= 0.3 is 5.97 Å². The van der Waals surface area contributed by atoms with E-state index in [-0.39, 0.29) is 29.1 Å². The van der Waals surface area contributed by atoms with E-state index in [0.717, 1.165) is 17.4 Å². The fraction of sp³-hybridized carbons (Fsp3) is 0.261. The first-order valence-corrected chi connectivity index (χ1v) is 10.2. The summed E-state index contributed by atoms with van der Waals surface area (Å²) in [5, 5.41) is 10.7. The molecule has 0 unspecified atom stereocenters. The summed E-state index contributed by atoms with van der Waals surface area (Å²) in [4.78, 5) is 45.8. The zero-order valence-corrected chi connectivity index (χ0v) is 17.3. The van der Waals surface area contributed by atoms with Crippen LogP contribution < -0.4 is 4.74 Å². The van der Waals surface area contributed by atoms with Gasteiger partial charge in [0, 0.05) is 40.7 Å². The standard InChI is InChI=1S/C23H19N3O6/c1-31-18-4-10-3-14(24-13(10)6-16(18)27)21(29)26-9-11-8-23(11)12-5-15(22(30)32-2)25-20(12)17(28)7-19(23)26/h3-7,11,24-25,27H,8-9H2,1-2H3/t11-,23-/m1/s1. The van der Waals surface area contributed by atoms with Crippen molar-refractivity contribution in [1.29, 1.82) is 0 Å². The van der Waals surface area contributed by atoms with Crippen LogP contribution in [0.4, 0.5) is 0 Å². The van der Waals surface area contributed by atoms with Crippen LogP contribution in [0.15, 0.2) is 36.0 Å². The summed E-state index contributed by atoms with van der Waals surface area (Å²) < 4.78 is 9.93. The molecule has 9 heteroatoms. The molecule has 32 heavy (non-hydrogen) atoms. The molecule has 1 aliphatic heterocycles. The Morgan fingerprint density at radius 2 is 1.97 bits per heavy atom. The third kappa shape index (κ3) is 2.25. The molecule has 1 saturated carbocycles. The van der Waals surface area contributed by atoms with Gasteiger partial charge in [0.15, 0.2) is 11.5 Å². The van der Waals surface area contributed by atoms with Gasteiger partial charge in [0.25, 0.3) is 5.91 Å². The fourth-order valence-corrected chi connectivity index (χ4v) is 5.28. The highest BCUT2D eigenvalue weighted by Gasteiger charge is 2.67. The van der Waals surface area contributed by atoms with E-state index < -0.39 is 11.4 Å². The molecule has 3 heterocycles. The fourth-order valence-electron chi connectivity index (χ4n) is 5.28. The third-order valence-corrected chi connectivity index (χ3v) is 6.87. The summed E-state index contributed by atoms with van der Waals surface area (Å²) in [5.74, 6) is -0.586. The zero-order valence-electron chi connectivity index (χ0n) is 17.3. The minimum absolute atomic E-state index is 0.0239. The van der Waals surface area contributed by atoms with E-state index in [1.165, 1.54) is 26.4 Å². The number of aromatic hydroxyl groups is 1. The van der Waals surface area contributed by atoms with Crippen LogP contribution in [0.3, 0.4) is 0 Å². The van der Waals surface area contributed by atoms with Crippen LogP contribution in [-0.2, 0) is 10.2 Å². The number of nitrogens with zero attached hydrogens (tertiary/aromatic N) is 1. The summed E-state index contributed by atoms with van der Waals surface area (Å²) in [6, 6.07) is 6.55. The number of ether oxygens (including phenoxy) is 2. The Kier molecular flexibility index (Phi) is 3.53. The lowest BCUT2D eigenvalue weighted by Crippen LogP contribution is -2.33. The van der Waals surface area contributed by atoms with Crippen LogP contribution in [0, 0.1) is 5.92 Å². The highest BCUT2D eigenvalue weighted by Crippen LogP contribution is 2.66. The maximum atomic E-state index is 13.4. The van der Waals surface area contributed by atoms with Gasteiger partial charge in [-0.1, -0.05) is 0 Å². The summed E-state index contributed by atoms with van der Waals surface area (Å²) in [6.45, 7) is 0.486. The minimum Gasteiger partial charge on any atom is -0.504 e. The van der Waals surface area contributed by atoms with E-state index in [1.807, 2.05) is 0 Å². The van der Waals surface area contributed by atoms with Gasteiger partial charge in [-0.2, -0.15) is 0 Å². The number of phenols is 1. The van der Waals surface area contributed by atoms with Gasteiger partial charge in [-0.25, -0.2) is 4.79 Å². The van der Waals surface area contributed by atoms with Gasteiger partial charge in [0.2, 0.25) is 5.78 Å². The maximum absolute atomic E-state index is 13.4. The van der Waals surface area contributed by atoms with E-state index >= 15 is 0 Å². The summed E-state index contributed by atoms with van der Waals surface area (Å²) >= 11 is 0. The molecule has 2 atom stereocenters. The first kappa shape index (κ1) is 18.7. The Labute approximate surface area is 181 Å². The molecule has 3 aliphatic rings. The number of hydrogen-bond donors (Lipinski definition) is 3. The largest absolute Gasteiger partial charge is 0.504 e. The second kappa shape index (κ2) is 6.03. The van der Waals surface area contributed by atoms with Crippen LogP contribution in [0.1, 0.15) is 43.4 Å². The number of piperidine rings is 1. The first-order valence-electron chi connectivity index (χ1n) is 10.2. The highest BCUT2D eigenvalue weighted by atomic mass is 16.5. The number of H-pyrrole nitrogens is 2. The molecule has 2 aromatic heterocycles. The van der Waals surface area contributed by atoms with E-state index in [4.69, 9.17) is 9.47 Å². The van der Waals surface area contributed by atoms with E-state index in [9.17, 15) is 19.5 Å². The smallest absolute Gasteiger partial charge is 0.354 e. The van der Waals surface area contributed by atoms with Gasteiger partial charge in [-0.3, -0.25) is 9.59 Å². The molecular formula is C23H19N3O6. The molecule has 3 N–H and O–H groups in total. The predicted octanol–water partition coefficient (Wildman–Crippen LogP) is 2.49. The molecule has 1 spiro atoms. The maximum Gasteiger partial charge on any atom is 0.354 e. The number of rotatable bonds is 3. The van der Waals surface area contributed by atoms with Crippen molar-refractivity contribution in [3.8, 4) is 11.5 Å². The van der Waals surface area contributed by atoms with Crippen molar-refractivity contribution >= 4 is 28.6 Å². The molecular weight excluding hydrogens is 414 g/mol. The van der Waals surface area contributed by atoms with Crippen LogP contribution in [0.5, 0.6) is 11.5 Å². The van der Waals surface area contributed by atoms with Gasteiger partial charge in [-0.15, -0.1) is 0 Å². The Morgan fingerprint density at radius 3 is 2.72 bits per heavy atom. The number of methoxy groups -OCH3 is 2. The SMILES string of the molecule is COC(=O)c1cc2c([nH]1)C(=O)C=C1N(C(=O)c3cc4cc(OC)c(O)cc4[nH]3)C[C@H]3C[C@]123. The molecule has 9 nitrogen and oxygen atoms in total. The second-order valence-electron chi connectivity index (χ2n) is 8.44. The molecule has 0 bridgehead atoms. The van der Waals surface area contributed by atoms with E-state index in [2.05, 4.69) is 9.97 Å². The number of ketones is 1. The molecule has 1 saturated heterocycles. The summed E-state index contributed by atoms with van der Waals surface area (Å²) in [7, 11) is 2.75. The average molecular weight is 433 g/mol. The predicted molar refractivity (Wildman–Crippen MR) is 112 cm³/mol. The zero-order chi connectivity index (χ0) is 22.4. The van der Waals surface area contributed by atoms with Crippen molar-refractivity contribution in [1.82, 2.24) is 14.9 Å². The number of allylic oxidation sites excluding steroid dienone is 2. The second-order valence-corrected chi connectivity index (χ2v) is 8.44. The molecule has 0 radical (unpaired) electrons. The van der Waals surface area contributed by atoms with Crippen molar-refractivity contribution < 1.29 is 29.0 Å². The number of benzene rings is 1. The van der Waals surface area contributed by atoms with Gasteiger partial charge in [-0.05, 0) is 36.1 Å². The number of amides is 1. The number of phenolic OH excluding ortho intramolecular Hbond substituents is 1. The van der Waals surface area contributed by atoms with Gasteiger partial charge in [0.1, 0.15) is 11.4 Å². The molecule has 6 rings (SSSR count). The van der Waals surface area contributed by atoms with Crippen molar-refractivity contribution in [2.45, 2.75) is 11.8 Å². The number of fused-ring (bicyclic) bond motifs is 2. The lowest BCUT2D eigenvalue weighted by molar-refractivity contribution is 0.0594. The number of aromatic amines is 2. The highest BCUT2D eigenvalue weighted by molar-refractivity contribution is 6.10. The van der Waals surface area contributed by atoms with Crippen LogP contribution >= 0.6 is 0 Å². The molecule has 1 aromatic carbocycles. The average Bonchev–Trinajstić information content (AvgIpc) is 3.13. The lowest BCUT2D eigenvalue weighted by atomic mass is 9.85. The quantitative estimate of drug-likeness (QED) is 0.545. The summed E-state index contributed by atoms with van der Waals surface area (Å²) in [6.07, 6.45) is 2.32. The Bertz CT molecular complexity index is 1400. The van der Waals surface area contributed by atoms with Crippen LogP contribution in [0.25, 0.3) is 10.9 Å². The van der Waals surface area contributed by atoms with Gasteiger partial charge in [0.05, 0.1) is 19.9 Å². The third-order valence-electron chi connectivity index (χ3n) is 6.87. The minimum atomic E-state index is -0.537. The number of carbonyl (C=O) groups is 3. The lowest BCUT2D eigenvalue weighted by Gasteiger charge is -2.27. The molecule has 3 aromatic rings. The molecule has 162 valence electrons. The first-order chi connectivity index (χ1) is 15.4. The van der Waals surface area contributed by atoms with Crippen molar-refractivity contribution in [3.63, 3.8) is 0 Å². The van der Waals surface area contributed by atoms with Crippen molar-refractivity contribution in [3.05, 3.63) is 58.7 Å². The number of aromatic nitrogens is 2. The van der Waals surface area contributed by atoms with E-state index in [0.29, 0.717) is 34.9 Å². The number of carbonyl (C=O) groups excluding carboxylic acids is 3. The number of nitrogens with one attached hydrogen (secondary N) is 2. The number of likely N-dealkylation sites (tertiary alicyclic amines) is 1. The van der Waals surface area contributed by atoms with Crippen LogP contribution in [0.2, 0.25) is 0 Å². The topological polar surface area (TPSA) is 125 Å². The van der Waals surface area contributed by atoms with Crippen LogP contribution in [-0.4, -0.2) is 58.4 Å². The monoisotopic (exact) mass is 433 g/mol.